The minimum Gasteiger partial charge on any atom is -0.508 e. The molecule has 0 unspecified atom stereocenters. The average molecular weight is 367 g/mol. The number of phenolic OH excluding ortho intramolecular Hbond substituents is 1. The second-order valence-corrected chi connectivity index (χ2v) is 7.19. The van der Waals surface area contributed by atoms with Crippen molar-refractivity contribution in [2.45, 2.75) is 26.8 Å². The van der Waals surface area contributed by atoms with Crippen LogP contribution in [-0.2, 0) is 0 Å². The maximum atomic E-state index is 12.5. The average Bonchev–Trinajstić information content (AvgIpc) is 3.11. The first-order chi connectivity index (χ1) is 12.5. The zero-order valence-corrected chi connectivity index (χ0v) is 15.7. The van der Waals surface area contributed by atoms with E-state index in [9.17, 15) is 9.90 Å². The Morgan fingerprint density at radius 2 is 1.88 bits per heavy atom. The molecule has 0 aliphatic carbocycles. The molecular weight excluding hydrogens is 346 g/mol. The second-order valence-electron chi connectivity index (χ2n) is 6.16. The molecule has 1 aromatic heterocycles. The number of aromatic hydroxyl groups is 1. The zero-order valence-electron chi connectivity index (χ0n) is 14.9. The summed E-state index contributed by atoms with van der Waals surface area (Å²) in [5.74, 6) is -0.0750. The van der Waals surface area contributed by atoms with Gasteiger partial charge in [0.1, 0.15) is 10.6 Å². The van der Waals surface area contributed by atoms with Crippen molar-refractivity contribution < 1.29 is 9.90 Å². The number of aromatic nitrogens is 1. The minimum atomic E-state index is -0.236. The van der Waals surface area contributed by atoms with Gasteiger partial charge in [0.15, 0.2) is 5.13 Å². The predicted octanol–water partition coefficient (Wildman–Crippen LogP) is 4.89. The molecule has 1 heterocycles. The highest BCUT2D eigenvalue weighted by Gasteiger charge is 2.15. The van der Waals surface area contributed by atoms with E-state index in [1.165, 1.54) is 11.3 Å². The van der Waals surface area contributed by atoms with Gasteiger partial charge in [-0.05, 0) is 38.0 Å². The topological polar surface area (TPSA) is 74.2 Å². The number of thiazole rings is 1. The van der Waals surface area contributed by atoms with E-state index in [2.05, 4.69) is 22.5 Å². The Labute approximate surface area is 156 Å². The third kappa shape index (κ3) is 3.86. The lowest BCUT2D eigenvalue weighted by molar-refractivity contribution is 0.103. The second kappa shape index (κ2) is 7.58. The fraction of sp³-hybridized carbons (Fsp3) is 0.200. The summed E-state index contributed by atoms with van der Waals surface area (Å²) >= 11 is 1.30. The van der Waals surface area contributed by atoms with E-state index in [1.54, 1.807) is 25.3 Å². The smallest absolute Gasteiger partial charge is 0.267 e. The fourth-order valence-corrected chi connectivity index (χ4v) is 3.46. The molecule has 0 saturated carbocycles. The standard InChI is InChI=1S/C20H21N3O2S/c1-12-9-10-16(24)13(2)18(12)23-19(25)17-11-21-20(26-17)22-14(3)15-7-5-4-6-8-15/h4-11,14,24H,1-3H3,(H,21,22)(H,23,25)/t14-/m0/s1. The normalized spacial score (nSPS) is 11.8. The monoisotopic (exact) mass is 367 g/mol. The van der Waals surface area contributed by atoms with Crippen LogP contribution in [0.15, 0.2) is 48.7 Å². The van der Waals surface area contributed by atoms with Gasteiger partial charge in [-0.15, -0.1) is 0 Å². The van der Waals surface area contributed by atoms with Crippen LogP contribution in [0.25, 0.3) is 0 Å². The quantitative estimate of drug-likeness (QED) is 0.600. The Balaban J connectivity index is 1.72. The molecule has 0 aliphatic rings. The third-order valence-corrected chi connectivity index (χ3v) is 5.18. The Morgan fingerprint density at radius 1 is 1.15 bits per heavy atom. The van der Waals surface area contributed by atoms with Crippen molar-refractivity contribution in [2.75, 3.05) is 10.6 Å². The van der Waals surface area contributed by atoms with E-state index in [0.717, 1.165) is 11.1 Å². The molecule has 0 spiro atoms. The number of carbonyl (C=O) groups is 1. The van der Waals surface area contributed by atoms with Crippen molar-refractivity contribution in [3.63, 3.8) is 0 Å². The van der Waals surface area contributed by atoms with Gasteiger partial charge >= 0.3 is 0 Å². The Kier molecular flexibility index (Phi) is 5.23. The van der Waals surface area contributed by atoms with Gasteiger partial charge in [-0.3, -0.25) is 4.79 Å². The molecular formula is C20H21N3O2S. The van der Waals surface area contributed by atoms with Crippen LogP contribution in [0.4, 0.5) is 10.8 Å². The molecule has 3 rings (SSSR count). The number of benzene rings is 2. The molecule has 134 valence electrons. The first-order valence-electron chi connectivity index (χ1n) is 8.33. The summed E-state index contributed by atoms with van der Waals surface area (Å²) < 4.78 is 0. The molecule has 0 radical (unpaired) electrons. The van der Waals surface area contributed by atoms with Crippen molar-refractivity contribution in [1.82, 2.24) is 4.98 Å². The summed E-state index contributed by atoms with van der Waals surface area (Å²) in [7, 11) is 0. The van der Waals surface area contributed by atoms with E-state index in [4.69, 9.17) is 0 Å². The SMILES string of the molecule is Cc1ccc(O)c(C)c1NC(=O)c1cnc(N[C@@H](C)c2ccccc2)s1. The first-order valence-corrected chi connectivity index (χ1v) is 9.15. The number of hydrogen-bond donors (Lipinski definition) is 3. The lowest BCUT2D eigenvalue weighted by atomic mass is 10.1. The van der Waals surface area contributed by atoms with Crippen molar-refractivity contribution in [1.29, 1.82) is 0 Å². The molecule has 5 nitrogen and oxygen atoms in total. The molecule has 0 aliphatic heterocycles. The van der Waals surface area contributed by atoms with Gasteiger partial charge in [0.25, 0.3) is 5.91 Å². The van der Waals surface area contributed by atoms with Crippen LogP contribution in [0.5, 0.6) is 5.75 Å². The number of rotatable bonds is 5. The molecule has 1 amide bonds. The van der Waals surface area contributed by atoms with Gasteiger partial charge < -0.3 is 15.7 Å². The third-order valence-electron chi connectivity index (χ3n) is 4.25. The van der Waals surface area contributed by atoms with E-state index in [0.29, 0.717) is 21.3 Å². The fourth-order valence-electron chi connectivity index (χ4n) is 2.66. The summed E-state index contributed by atoms with van der Waals surface area (Å²) in [6.07, 6.45) is 1.56. The van der Waals surface area contributed by atoms with Gasteiger partial charge in [-0.2, -0.15) is 0 Å². The van der Waals surface area contributed by atoms with Crippen molar-refractivity contribution >= 4 is 28.1 Å². The molecule has 3 aromatic rings. The highest BCUT2D eigenvalue weighted by molar-refractivity contribution is 7.17. The molecule has 0 saturated heterocycles. The lowest BCUT2D eigenvalue weighted by Crippen LogP contribution is -2.12. The van der Waals surface area contributed by atoms with Crippen LogP contribution in [0.1, 0.15) is 39.3 Å². The van der Waals surface area contributed by atoms with Gasteiger partial charge in [0.2, 0.25) is 0 Å². The van der Waals surface area contributed by atoms with Crippen molar-refractivity contribution in [3.8, 4) is 5.75 Å². The molecule has 0 bridgehead atoms. The highest BCUT2D eigenvalue weighted by Crippen LogP contribution is 2.29. The van der Waals surface area contributed by atoms with Gasteiger partial charge in [-0.25, -0.2) is 4.98 Å². The summed E-state index contributed by atoms with van der Waals surface area (Å²) in [5.41, 5.74) is 3.34. The number of hydrogen-bond acceptors (Lipinski definition) is 5. The van der Waals surface area contributed by atoms with Gasteiger partial charge in [-0.1, -0.05) is 47.7 Å². The number of phenols is 1. The maximum Gasteiger partial charge on any atom is 0.267 e. The molecule has 26 heavy (non-hydrogen) atoms. The number of amides is 1. The highest BCUT2D eigenvalue weighted by atomic mass is 32.1. The van der Waals surface area contributed by atoms with E-state index in [1.807, 2.05) is 37.3 Å². The number of aryl methyl sites for hydroxylation is 1. The Morgan fingerprint density at radius 3 is 2.62 bits per heavy atom. The number of nitrogens with one attached hydrogen (secondary N) is 2. The summed E-state index contributed by atoms with van der Waals surface area (Å²) in [6.45, 7) is 5.72. The van der Waals surface area contributed by atoms with E-state index >= 15 is 0 Å². The van der Waals surface area contributed by atoms with E-state index < -0.39 is 0 Å². The van der Waals surface area contributed by atoms with Crippen LogP contribution >= 0.6 is 11.3 Å². The van der Waals surface area contributed by atoms with Crippen LogP contribution in [0.2, 0.25) is 0 Å². The Hall–Kier alpha value is -2.86. The maximum absolute atomic E-state index is 12.5. The molecule has 2 aromatic carbocycles. The van der Waals surface area contributed by atoms with Crippen LogP contribution in [0, 0.1) is 13.8 Å². The van der Waals surface area contributed by atoms with Crippen LogP contribution in [-0.4, -0.2) is 16.0 Å². The number of carbonyl (C=O) groups excluding carboxylic acids is 1. The van der Waals surface area contributed by atoms with E-state index in [-0.39, 0.29) is 17.7 Å². The minimum absolute atomic E-state index is 0.0915. The molecule has 1 atom stereocenters. The summed E-state index contributed by atoms with van der Waals surface area (Å²) in [6, 6.07) is 13.6. The first kappa shape index (κ1) is 17.9. The van der Waals surface area contributed by atoms with Crippen molar-refractivity contribution in [2.24, 2.45) is 0 Å². The summed E-state index contributed by atoms with van der Waals surface area (Å²) in [4.78, 5) is 17.4. The zero-order chi connectivity index (χ0) is 18.7. The van der Waals surface area contributed by atoms with Crippen molar-refractivity contribution in [3.05, 3.63) is 70.2 Å². The van der Waals surface area contributed by atoms with Gasteiger partial charge in [0.05, 0.1) is 17.9 Å². The Bertz CT molecular complexity index is 922. The van der Waals surface area contributed by atoms with Gasteiger partial charge in [0, 0.05) is 5.56 Å². The number of anilines is 2. The molecule has 3 N–H and O–H groups in total. The summed E-state index contributed by atoms with van der Waals surface area (Å²) in [5, 5.41) is 16.7. The molecule has 6 heteroatoms. The predicted molar refractivity (Wildman–Crippen MR) is 106 cm³/mol. The van der Waals surface area contributed by atoms with Crippen LogP contribution < -0.4 is 10.6 Å². The largest absolute Gasteiger partial charge is 0.508 e. The number of nitrogens with zero attached hydrogens (tertiary/aromatic N) is 1. The molecule has 0 fully saturated rings. The lowest BCUT2D eigenvalue weighted by Gasteiger charge is -2.13. The van der Waals surface area contributed by atoms with Crippen LogP contribution in [0.3, 0.4) is 0 Å².